The third-order valence-corrected chi connectivity index (χ3v) is 4.78. The lowest BCUT2D eigenvalue weighted by atomic mass is 10.1. The second-order valence-corrected chi connectivity index (χ2v) is 7.44. The van der Waals surface area contributed by atoms with E-state index in [4.69, 9.17) is 9.47 Å². The minimum Gasteiger partial charge on any atom is -0.461 e. The number of nitrogens with one attached hydrogen (secondary N) is 2. The largest absolute Gasteiger partial charge is 0.461 e. The summed E-state index contributed by atoms with van der Waals surface area (Å²) >= 11 is 0. The Kier molecular flexibility index (Phi) is 11.4. The Balaban J connectivity index is 1.84. The number of benzene rings is 2. The molecule has 2 N–H and O–H groups in total. The molecular formula is C25H32N2O5. The molecule has 0 heterocycles. The SMILES string of the molecule is CCCCCNC(=O)C(CCC(=O)OCc1ccccc1)NC(=O)OCc1ccccc1. The van der Waals surface area contributed by atoms with Crippen molar-refractivity contribution in [3.8, 4) is 0 Å². The van der Waals surface area contributed by atoms with Crippen molar-refractivity contribution in [1.82, 2.24) is 10.6 Å². The lowest BCUT2D eigenvalue weighted by molar-refractivity contribution is -0.145. The second-order valence-electron chi connectivity index (χ2n) is 7.44. The Bertz CT molecular complexity index is 827. The summed E-state index contributed by atoms with van der Waals surface area (Å²) in [6.07, 6.45) is 2.30. The summed E-state index contributed by atoms with van der Waals surface area (Å²) in [7, 11) is 0. The zero-order chi connectivity index (χ0) is 23.0. The zero-order valence-corrected chi connectivity index (χ0v) is 18.5. The van der Waals surface area contributed by atoms with Gasteiger partial charge in [-0.3, -0.25) is 9.59 Å². The first-order chi connectivity index (χ1) is 15.6. The lowest BCUT2D eigenvalue weighted by Gasteiger charge is -2.18. The van der Waals surface area contributed by atoms with Crippen LogP contribution in [0.5, 0.6) is 0 Å². The van der Waals surface area contributed by atoms with Crippen LogP contribution in [0, 0.1) is 0 Å². The minimum atomic E-state index is -0.885. The molecule has 2 aromatic carbocycles. The fourth-order valence-electron chi connectivity index (χ4n) is 2.96. The van der Waals surface area contributed by atoms with Gasteiger partial charge in [0.25, 0.3) is 0 Å². The molecule has 0 aliphatic carbocycles. The van der Waals surface area contributed by atoms with Crippen LogP contribution in [-0.4, -0.2) is 30.6 Å². The summed E-state index contributed by atoms with van der Waals surface area (Å²) < 4.78 is 10.5. The minimum absolute atomic E-state index is 0.00115. The first-order valence-corrected chi connectivity index (χ1v) is 11.0. The first kappa shape index (κ1) is 24.9. The van der Waals surface area contributed by atoms with Crippen LogP contribution in [0.15, 0.2) is 60.7 Å². The maximum Gasteiger partial charge on any atom is 0.408 e. The average Bonchev–Trinajstić information content (AvgIpc) is 2.83. The van der Waals surface area contributed by atoms with Gasteiger partial charge in [0.2, 0.25) is 5.91 Å². The lowest BCUT2D eigenvalue weighted by Crippen LogP contribution is -2.47. The highest BCUT2D eigenvalue weighted by atomic mass is 16.5. The number of hydrogen-bond acceptors (Lipinski definition) is 5. The van der Waals surface area contributed by atoms with Gasteiger partial charge in [0, 0.05) is 13.0 Å². The van der Waals surface area contributed by atoms with Crippen LogP contribution in [0.4, 0.5) is 4.79 Å². The van der Waals surface area contributed by atoms with E-state index < -0.39 is 18.1 Å². The number of alkyl carbamates (subject to hydrolysis) is 1. The average molecular weight is 441 g/mol. The van der Waals surface area contributed by atoms with Crippen LogP contribution in [0.1, 0.15) is 50.2 Å². The second kappa shape index (κ2) is 14.6. The van der Waals surface area contributed by atoms with Crippen molar-refractivity contribution in [2.45, 2.75) is 58.3 Å². The van der Waals surface area contributed by atoms with Gasteiger partial charge in [-0.05, 0) is 24.0 Å². The van der Waals surface area contributed by atoms with Crippen molar-refractivity contribution in [2.24, 2.45) is 0 Å². The van der Waals surface area contributed by atoms with Crippen molar-refractivity contribution in [3.05, 3.63) is 71.8 Å². The zero-order valence-electron chi connectivity index (χ0n) is 18.5. The molecule has 1 atom stereocenters. The molecule has 2 rings (SSSR count). The van der Waals surface area contributed by atoms with Crippen molar-refractivity contribution < 1.29 is 23.9 Å². The number of unbranched alkanes of at least 4 members (excludes halogenated alkanes) is 2. The highest BCUT2D eigenvalue weighted by Gasteiger charge is 2.22. The van der Waals surface area contributed by atoms with Gasteiger partial charge in [0.05, 0.1) is 0 Å². The quantitative estimate of drug-likeness (QED) is 0.361. The topological polar surface area (TPSA) is 93.7 Å². The Morgan fingerprint density at radius 1 is 0.844 bits per heavy atom. The molecule has 0 spiro atoms. The number of ether oxygens (including phenoxy) is 2. The summed E-state index contributed by atoms with van der Waals surface area (Å²) in [6.45, 7) is 2.86. The normalized spacial score (nSPS) is 11.3. The van der Waals surface area contributed by atoms with Crippen molar-refractivity contribution in [1.29, 1.82) is 0 Å². The van der Waals surface area contributed by atoms with Crippen molar-refractivity contribution in [3.63, 3.8) is 0 Å². The molecule has 0 saturated carbocycles. The van der Waals surface area contributed by atoms with Crippen LogP contribution < -0.4 is 10.6 Å². The Morgan fingerprint density at radius 2 is 1.44 bits per heavy atom. The van der Waals surface area contributed by atoms with Crippen LogP contribution in [0.3, 0.4) is 0 Å². The van der Waals surface area contributed by atoms with Gasteiger partial charge >= 0.3 is 12.1 Å². The number of rotatable bonds is 13. The summed E-state index contributed by atoms with van der Waals surface area (Å²) in [5.74, 6) is -0.772. The van der Waals surface area contributed by atoms with E-state index in [1.165, 1.54) is 0 Å². The molecule has 0 saturated heterocycles. The molecule has 0 radical (unpaired) electrons. The predicted molar refractivity (Wildman–Crippen MR) is 122 cm³/mol. The predicted octanol–water partition coefficient (Wildman–Crippen LogP) is 4.11. The number of amides is 2. The molecule has 2 aromatic rings. The fraction of sp³-hybridized carbons (Fsp3) is 0.400. The Hall–Kier alpha value is -3.35. The highest BCUT2D eigenvalue weighted by Crippen LogP contribution is 2.06. The van der Waals surface area contributed by atoms with E-state index in [9.17, 15) is 14.4 Å². The van der Waals surface area contributed by atoms with Gasteiger partial charge in [-0.2, -0.15) is 0 Å². The van der Waals surface area contributed by atoms with E-state index in [0.29, 0.717) is 6.54 Å². The molecule has 1 unspecified atom stereocenters. The summed E-state index contributed by atoms with van der Waals surface area (Å²) in [6, 6.07) is 17.7. The molecule has 0 bridgehead atoms. The monoisotopic (exact) mass is 440 g/mol. The molecule has 0 fully saturated rings. The molecule has 7 nitrogen and oxygen atoms in total. The number of esters is 1. The van der Waals surface area contributed by atoms with Gasteiger partial charge in [0.1, 0.15) is 19.3 Å². The molecule has 0 aliphatic rings. The summed E-state index contributed by atoms with van der Waals surface area (Å²) in [5.41, 5.74) is 1.72. The van der Waals surface area contributed by atoms with Gasteiger partial charge in [-0.1, -0.05) is 80.4 Å². The van der Waals surface area contributed by atoms with Crippen molar-refractivity contribution >= 4 is 18.0 Å². The van der Waals surface area contributed by atoms with E-state index in [2.05, 4.69) is 17.6 Å². The summed E-state index contributed by atoms with van der Waals surface area (Å²) in [4.78, 5) is 36.9. The van der Waals surface area contributed by atoms with Crippen LogP contribution in [-0.2, 0) is 32.3 Å². The molecule has 2 amide bonds. The van der Waals surface area contributed by atoms with E-state index in [-0.39, 0.29) is 32.0 Å². The Morgan fingerprint density at radius 3 is 2.03 bits per heavy atom. The molecule has 0 aliphatic heterocycles. The summed E-state index contributed by atoms with van der Waals surface area (Å²) in [5, 5.41) is 5.39. The van der Waals surface area contributed by atoms with E-state index in [0.717, 1.165) is 30.4 Å². The van der Waals surface area contributed by atoms with E-state index in [1.54, 1.807) is 0 Å². The van der Waals surface area contributed by atoms with Gasteiger partial charge in [-0.15, -0.1) is 0 Å². The standard InChI is InChI=1S/C25H32N2O5/c1-2-3-10-17-26-24(29)22(27-25(30)32-19-21-13-8-5-9-14-21)15-16-23(28)31-18-20-11-6-4-7-12-20/h4-9,11-14,22H,2-3,10,15-19H2,1H3,(H,26,29)(H,27,30). The first-order valence-electron chi connectivity index (χ1n) is 11.0. The third-order valence-electron chi connectivity index (χ3n) is 4.78. The Labute approximate surface area is 189 Å². The maximum atomic E-state index is 12.6. The van der Waals surface area contributed by atoms with Gasteiger partial charge in [-0.25, -0.2) is 4.79 Å². The smallest absolute Gasteiger partial charge is 0.408 e. The van der Waals surface area contributed by atoms with E-state index in [1.807, 2.05) is 60.7 Å². The number of carbonyl (C=O) groups is 3. The van der Waals surface area contributed by atoms with Gasteiger partial charge < -0.3 is 20.1 Å². The fourth-order valence-corrected chi connectivity index (χ4v) is 2.96. The highest BCUT2D eigenvalue weighted by molar-refractivity contribution is 5.86. The van der Waals surface area contributed by atoms with Crippen LogP contribution in [0.2, 0.25) is 0 Å². The molecule has 0 aromatic heterocycles. The van der Waals surface area contributed by atoms with Gasteiger partial charge in [0.15, 0.2) is 0 Å². The maximum absolute atomic E-state index is 12.6. The molecule has 7 heteroatoms. The molecule has 32 heavy (non-hydrogen) atoms. The molecule has 172 valence electrons. The number of hydrogen-bond donors (Lipinski definition) is 2. The van der Waals surface area contributed by atoms with Crippen LogP contribution >= 0.6 is 0 Å². The molecular weight excluding hydrogens is 408 g/mol. The van der Waals surface area contributed by atoms with Crippen LogP contribution in [0.25, 0.3) is 0 Å². The van der Waals surface area contributed by atoms with Crippen molar-refractivity contribution in [2.75, 3.05) is 6.54 Å². The van der Waals surface area contributed by atoms with E-state index >= 15 is 0 Å². The number of carbonyl (C=O) groups excluding carboxylic acids is 3. The third kappa shape index (κ3) is 10.1.